The molecule has 1 aromatic carbocycles. The highest BCUT2D eigenvalue weighted by Gasteiger charge is 2.21. The first kappa shape index (κ1) is 28.9. The summed E-state index contributed by atoms with van der Waals surface area (Å²) < 4.78 is 0. The van der Waals surface area contributed by atoms with E-state index in [4.69, 9.17) is 23.2 Å². The van der Waals surface area contributed by atoms with E-state index >= 15 is 0 Å². The fourth-order valence-electron chi connectivity index (χ4n) is 2.27. The van der Waals surface area contributed by atoms with Gasteiger partial charge in [0, 0.05) is 22.9 Å². The summed E-state index contributed by atoms with van der Waals surface area (Å²) >= 11 is 11.5. The molecule has 1 heterocycles. The fraction of sp³-hybridized carbons (Fsp3) is 0.435. The Hall–Kier alpha value is -2.15. The topological polar surface area (TPSA) is 60.3 Å². The van der Waals surface area contributed by atoms with Gasteiger partial charge in [-0.1, -0.05) is 68.0 Å². The quantitative estimate of drug-likeness (QED) is 0.313. The third-order valence-electron chi connectivity index (χ3n) is 3.65. The van der Waals surface area contributed by atoms with E-state index in [-0.39, 0.29) is 12.7 Å². The van der Waals surface area contributed by atoms with Crippen LogP contribution in [0.4, 0.5) is 4.79 Å². The predicted octanol–water partition coefficient (Wildman–Crippen LogP) is 5.78. The van der Waals surface area contributed by atoms with Crippen LogP contribution in [0.15, 0.2) is 58.7 Å². The molecule has 0 bridgehead atoms. The molecule has 2 amide bonds. The Kier molecular flexibility index (Phi) is 16.3. The average Bonchev–Trinajstić information content (AvgIpc) is 2.75. The Morgan fingerprint density at radius 2 is 1.87 bits per heavy atom. The van der Waals surface area contributed by atoms with Gasteiger partial charge in [-0.25, -0.2) is 9.79 Å². The molecule has 8 heteroatoms. The van der Waals surface area contributed by atoms with Crippen molar-refractivity contribution in [1.29, 1.82) is 0 Å². The second kappa shape index (κ2) is 17.5. The van der Waals surface area contributed by atoms with E-state index in [2.05, 4.69) is 15.4 Å². The van der Waals surface area contributed by atoms with Crippen LogP contribution in [0.25, 0.3) is 0 Å². The first-order valence-electron chi connectivity index (χ1n) is 10.3. The smallest absolute Gasteiger partial charge is 0.302 e. The number of hydrazone groups is 1. The Balaban J connectivity index is 0.00000113. The van der Waals surface area contributed by atoms with Crippen molar-refractivity contribution < 1.29 is 4.79 Å². The largest absolute Gasteiger partial charge is 0.345 e. The first-order valence-corrected chi connectivity index (χ1v) is 11.2. The number of benzene rings is 1. The third-order valence-corrected chi connectivity index (χ3v) is 4.15. The van der Waals surface area contributed by atoms with Crippen LogP contribution in [0.5, 0.6) is 0 Å². The monoisotopic (exact) mass is 467 g/mol. The van der Waals surface area contributed by atoms with Gasteiger partial charge in [0.05, 0.1) is 12.3 Å². The van der Waals surface area contributed by atoms with Crippen LogP contribution in [-0.4, -0.2) is 60.7 Å². The number of nitrogens with zero attached hydrogens (tertiary/aromatic N) is 4. The molecule has 2 rings (SSSR count). The molecular weight excluding hydrogens is 433 g/mol. The molecule has 172 valence electrons. The number of urea groups is 1. The van der Waals surface area contributed by atoms with Crippen molar-refractivity contribution in [3.8, 4) is 0 Å². The average molecular weight is 468 g/mol. The van der Waals surface area contributed by atoms with Crippen molar-refractivity contribution >= 4 is 40.8 Å². The molecule has 0 saturated carbocycles. The summed E-state index contributed by atoms with van der Waals surface area (Å²) in [5.41, 5.74) is 1.54. The van der Waals surface area contributed by atoms with Crippen LogP contribution < -0.4 is 5.32 Å². The van der Waals surface area contributed by atoms with Crippen LogP contribution in [-0.2, 0) is 0 Å². The number of likely N-dealkylation sites (N-methyl/N-ethyl adjacent to an activating group) is 1. The fourth-order valence-corrected chi connectivity index (χ4v) is 2.70. The number of allylic oxidation sites excluding steroid dienone is 4. The molecule has 6 nitrogen and oxygen atoms in total. The van der Waals surface area contributed by atoms with Gasteiger partial charge in [-0.15, -0.1) is 11.6 Å². The number of hydrogen-bond acceptors (Lipinski definition) is 4. The lowest BCUT2D eigenvalue weighted by atomic mass is 10.1. The predicted molar refractivity (Wildman–Crippen MR) is 136 cm³/mol. The summed E-state index contributed by atoms with van der Waals surface area (Å²) in [6.45, 7) is 8.66. The van der Waals surface area contributed by atoms with Gasteiger partial charge in [-0.2, -0.15) is 10.1 Å². The van der Waals surface area contributed by atoms with Crippen molar-refractivity contribution in [2.75, 3.05) is 33.2 Å². The molecule has 0 saturated heterocycles. The zero-order valence-corrected chi connectivity index (χ0v) is 20.9. The summed E-state index contributed by atoms with van der Waals surface area (Å²) in [7, 11) is 3.84. The third kappa shape index (κ3) is 11.7. The van der Waals surface area contributed by atoms with E-state index < -0.39 is 0 Å². The summed E-state index contributed by atoms with van der Waals surface area (Å²) in [5, 5.41) is 9.17. The standard InChI is InChI=1S/C17H22ClN5O.C4H7Cl.C2H6/c1-4-5-10-15(13-8-6-7-9-14(13)18)21-23-12-19-16(11-22(2)3)20-17(23)24;1-2-3-4-5;1-2/h4-9H,10-12H2,1-3H3,(H,19,20,24);2-3H,4H2,1H3;1-2H3/b5-4+,21-15+;3-2-;. The lowest BCUT2D eigenvalue weighted by Gasteiger charge is -2.24. The summed E-state index contributed by atoms with van der Waals surface area (Å²) in [6, 6.07) is 7.19. The minimum absolute atomic E-state index is 0.193. The van der Waals surface area contributed by atoms with Crippen LogP contribution in [0.3, 0.4) is 0 Å². The first-order chi connectivity index (χ1) is 14.9. The number of amidine groups is 1. The molecule has 1 aliphatic heterocycles. The number of rotatable bonds is 7. The number of halogens is 2. The molecule has 0 radical (unpaired) electrons. The van der Waals surface area contributed by atoms with Crippen molar-refractivity contribution in [2.45, 2.75) is 34.1 Å². The number of aliphatic imine (C=N–C) groups is 1. The molecule has 0 atom stereocenters. The zero-order valence-electron chi connectivity index (χ0n) is 19.4. The zero-order chi connectivity index (χ0) is 23.6. The van der Waals surface area contributed by atoms with Gasteiger partial charge in [-0.3, -0.25) is 5.32 Å². The molecule has 1 aliphatic rings. The van der Waals surface area contributed by atoms with E-state index in [1.165, 1.54) is 5.01 Å². The Labute approximate surface area is 197 Å². The highest BCUT2D eigenvalue weighted by atomic mass is 35.5. The molecule has 0 unspecified atom stereocenters. The Morgan fingerprint density at radius 3 is 2.35 bits per heavy atom. The molecular formula is C23H35Cl2N5O. The molecule has 0 spiro atoms. The van der Waals surface area contributed by atoms with Crippen LogP contribution in [0, 0.1) is 0 Å². The summed E-state index contributed by atoms with van der Waals surface area (Å²) in [5.74, 6) is 1.28. The van der Waals surface area contributed by atoms with Crippen LogP contribution in [0.2, 0.25) is 5.02 Å². The lowest BCUT2D eigenvalue weighted by molar-refractivity contribution is 0.203. The second-order valence-corrected chi connectivity index (χ2v) is 7.05. The van der Waals surface area contributed by atoms with Crippen molar-refractivity contribution in [3.63, 3.8) is 0 Å². The van der Waals surface area contributed by atoms with E-state index in [1.807, 2.05) is 95.3 Å². The number of nitrogens with one attached hydrogen (secondary N) is 1. The van der Waals surface area contributed by atoms with Gasteiger partial charge in [0.1, 0.15) is 12.5 Å². The molecule has 0 fully saturated rings. The van der Waals surface area contributed by atoms with E-state index in [9.17, 15) is 4.79 Å². The normalized spacial score (nSPS) is 14.1. The molecule has 0 aliphatic carbocycles. The van der Waals surface area contributed by atoms with Crippen molar-refractivity contribution in [1.82, 2.24) is 15.2 Å². The van der Waals surface area contributed by atoms with Gasteiger partial charge < -0.3 is 4.90 Å². The molecule has 1 N–H and O–H groups in total. The van der Waals surface area contributed by atoms with E-state index in [0.717, 1.165) is 11.3 Å². The lowest BCUT2D eigenvalue weighted by Crippen LogP contribution is -2.48. The summed E-state index contributed by atoms with van der Waals surface area (Å²) in [6.07, 6.45) is 8.31. The highest BCUT2D eigenvalue weighted by Crippen LogP contribution is 2.18. The maximum Gasteiger partial charge on any atom is 0.345 e. The van der Waals surface area contributed by atoms with Crippen LogP contribution >= 0.6 is 23.2 Å². The van der Waals surface area contributed by atoms with Gasteiger partial charge in [0.15, 0.2) is 0 Å². The number of amides is 2. The second-order valence-electron chi connectivity index (χ2n) is 6.34. The number of carbonyl (C=O) groups is 1. The number of alkyl halides is 1. The minimum atomic E-state index is -0.285. The van der Waals surface area contributed by atoms with E-state index in [1.54, 1.807) is 0 Å². The van der Waals surface area contributed by atoms with Gasteiger partial charge in [-0.05, 0) is 34.0 Å². The van der Waals surface area contributed by atoms with E-state index in [0.29, 0.717) is 29.7 Å². The maximum absolute atomic E-state index is 12.3. The number of hydrogen-bond donors (Lipinski definition) is 1. The summed E-state index contributed by atoms with van der Waals surface area (Å²) in [4.78, 5) is 18.6. The Morgan fingerprint density at radius 1 is 1.23 bits per heavy atom. The van der Waals surface area contributed by atoms with Gasteiger partial charge in [0.25, 0.3) is 0 Å². The molecule has 0 aromatic heterocycles. The molecule has 31 heavy (non-hydrogen) atoms. The van der Waals surface area contributed by atoms with Crippen molar-refractivity contribution in [3.05, 3.63) is 59.2 Å². The highest BCUT2D eigenvalue weighted by molar-refractivity contribution is 6.34. The Bertz CT molecular complexity index is 773. The maximum atomic E-state index is 12.3. The van der Waals surface area contributed by atoms with Gasteiger partial charge >= 0.3 is 6.03 Å². The van der Waals surface area contributed by atoms with Gasteiger partial charge in [0.2, 0.25) is 0 Å². The van der Waals surface area contributed by atoms with Crippen molar-refractivity contribution in [2.24, 2.45) is 10.1 Å². The molecule has 1 aromatic rings. The SMILES string of the molecule is C/C=C/C/C(=N\N1CN=C(CN(C)C)NC1=O)c1ccccc1Cl.C/C=C\CCl.CC. The van der Waals surface area contributed by atoms with Crippen LogP contribution in [0.1, 0.15) is 39.7 Å². The minimum Gasteiger partial charge on any atom is -0.302 e. The number of carbonyl (C=O) groups excluding carboxylic acids is 1.